The highest BCUT2D eigenvalue weighted by Gasteiger charge is 2.28. The van der Waals surface area contributed by atoms with Crippen molar-refractivity contribution in [1.82, 2.24) is 0 Å². The highest BCUT2D eigenvalue weighted by molar-refractivity contribution is 6.21. The van der Waals surface area contributed by atoms with E-state index in [9.17, 15) is 8.78 Å². The van der Waals surface area contributed by atoms with Crippen molar-refractivity contribution in [3.8, 4) is 0 Å². The van der Waals surface area contributed by atoms with Gasteiger partial charge in [-0.05, 0) is 30.7 Å². The van der Waals surface area contributed by atoms with E-state index >= 15 is 0 Å². The molecule has 20 heavy (non-hydrogen) atoms. The lowest BCUT2D eigenvalue weighted by atomic mass is 9.77. The van der Waals surface area contributed by atoms with Crippen molar-refractivity contribution < 1.29 is 8.78 Å². The van der Waals surface area contributed by atoms with Gasteiger partial charge in [-0.2, -0.15) is 0 Å². The lowest BCUT2D eigenvalue weighted by Gasteiger charge is -2.31. The van der Waals surface area contributed by atoms with Gasteiger partial charge in [0.25, 0.3) is 0 Å². The van der Waals surface area contributed by atoms with Gasteiger partial charge >= 0.3 is 0 Å². The number of alkyl halides is 1. The monoisotopic (exact) mass is 300 g/mol. The first kappa shape index (κ1) is 15.8. The molecule has 112 valence electrons. The summed E-state index contributed by atoms with van der Waals surface area (Å²) < 4.78 is 26.7. The minimum absolute atomic E-state index is 0.314. The maximum absolute atomic E-state index is 13.8. The molecule has 0 heterocycles. The Hall–Kier alpha value is -0.630. The van der Waals surface area contributed by atoms with Crippen LogP contribution in [-0.4, -0.2) is 0 Å². The number of halogens is 3. The van der Waals surface area contributed by atoms with Crippen molar-refractivity contribution >= 4 is 11.6 Å². The molecule has 0 saturated heterocycles. The second-order valence-electron chi connectivity index (χ2n) is 5.99. The molecule has 1 fully saturated rings. The van der Waals surface area contributed by atoms with E-state index in [1.54, 1.807) is 0 Å². The van der Waals surface area contributed by atoms with E-state index in [0.717, 1.165) is 24.8 Å². The summed E-state index contributed by atoms with van der Waals surface area (Å²) in [6, 6.07) is 3.71. The van der Waals surface area contributed by atoms with E-state index < -0.39 is 11.6 Å². The van der Waals surface area contributed by atoms with Gasteiger partial charge in [-0.15, -0.1) is 11.6 Å². The van der Waals surface area contributed by atoms with Crippen LogP contribution in [0.1, 0.15) is 62.8 Å². The number of hydrogen-bond acceptors (Lipinski definition) is 0. The Balaban J connectivity index is 1.92. The number of hydrogen-bond donors (Lipinski definition) is 0. The van der Waals surface area contributed by atoms with Crippen LogP contribution in [0, 0.1) is 23.5 Å². The topological polar surface area (TPSA) is 0 Å². The zero-order valence-electron chi connectivity index (χ0n) is 12.0. The lowest BCUT2D eigenvalue weighted by Crippen LogP contribution is -2.18. The summed E-state index contributed by atoms with van der Waals surface area (Å²) in [5, 5.41) is -0.331. The van der Waals surface area contributed by atoms with Crippen molar-refractivity contribution in [2.75, 3.05) is 0 Å². The predicted molar refractivity (Wildman–Crippen MR) is 79.9 cm³/mol. The van der Waals surface area contributed by atoms with Crippen molar-refractivity contribution in [2.45, 2.75) is 57.2 Å². The van der Waals surface area contributed by atoms with Crippen molar-refractivity contribution in [1.29, 1.82) is 0 Å². The van der Waals surface area contributed by atoms with Crippen LogP contribution in [0.25, 0.3) is 0 Å². The minimum atomic E-state index is -0.543. The summed E-state index contributed by atoms with van der Waals surface area (Å²) in [5.74, 6) is 0.0686. The van der Waals surface area contributed by atoms with Gasteiger partial charge in [-0.1, -0.05) is 45.1 Å². The molecule has 0 nitrogen and oxygen atoms in total. The smallest absolute Gasteiger partial charge is 0.130 e. The summed E-state index contributed by atoms with van der Waals surface area (Å²) in [5.41, 5.74) is 0.449. The van der Waals surface area contributed by atoms with Crippen LogP contribution >= 0.6 is 11.6 Å². The molecule has 1 aromatic rings. The number of benzene rings is 1. The Morgan fingerprint density at radius 3 is 2.50 bits per heavy atom. The SMILES string of the molecule is CCCCC1CCC(C(Cl)c2ccc(F)cc2F)CC1. The molecular weight excluding hydrogens is 278 g/mol. The Labute approximate surface area is 125 Å². The van der Waals surface area contributed by atoms with Crippen molar-refractivity contribution in [3.63, 3.8) is 0 Å². The molecular formula is C17H23ClF2. The van der Waals surface area contributed by atoms with E-state index in [2.05, 4.69) is 6.92 Å². The van der Waals surface area contributed by atoms with Gasteiger partial charge in [-0.25, -0.2) is 8.78 Å². The first-order chi connectivity index (χ1) is 9.61. The van der Waals surface area contributed by atoms with Crippen LogP contribution in [0.2, 0.25) is 0 Å². The largest absolute Gasteiger partial charge is 0.207 e. The van der Waals surface area contributed by atoms with Crippen molar-refractivity contribution in [3.05, 3.63) is 35.4 Å². The fourth-order valence-corrected chi connectivity index (χ4v) is 3.67. The molecule has 0 amide bonds. The van der Waals surface area contributed by atoms with Crippen LogP contribution in [0.15, 0.2) is 18.2 Å². The van der Waals surface area contributed by atoms with Gasteiger partial charge in [0.05, 0.1) is 5.38 Å². The summed E-state index contributed by atoms with van der Waals surface area (Å²) in [4.78, 5) is 0. The molecule has 1 aromatic carbocycles. The van der Waals surface area contributed by atoms with Gasteiger partial charge < -0.3 is 0 Å². The third-order valence-corrected chi connectivity index (χ3v) is 5.12. The molecule has 3 heteroatoms. The predicted octanol–water partition coefficient (Wildman–Crippen LogP) is 6.24. The zero-order valence-corrected chi connectivity index (χ0v) is 12.8. The van der Waals surface area contributed by atoms with Gasteiger partial charge in [0.2, 0.25) is 0 Å². The second-order valence-corrected chi connectivity index (χ2v) is 6.46. The van der Waals surface area contributed by atoms with E-state index in [1.165, 1.54) is 44.2 Å². The highest BCUT2D eigenvalue weighted by Crippen LogP contribution is 2.42. The summed E-state index contributed by atoms with van der Waals surface area (Å²) in [6.45, 7) is 2.22. The summed E-state index contributed by atoms with van der Waals surface area (Å²) in [6.07, 6.45) is 8.35. The van der Waals surface area contributed by atoms with E-state index in [-0.39, 0.29) is 5.38 Å². The Bertz CT molecular complexity index is 425. The van der Waals surface area contributed by atoms with Gasteiger partial charge in [0, 0.05) is 11.6 Å². The molecule has 0 aliphatic heterocycles. The molecule has 1 atom stereocenters. The van der Waals surface area contributed by atoms with Gasteiger partial charge in [0.15, 0.2) is 0 Å². The second kappa shape index (κ2) is 7.40. The van der Waals surface area contributed by atoms with E-state index in [0.29, 0.717) is 11.5 Å². The molecule has 0 bridgehead atoms. The highest BCUT2D eigenvalue weighted by atomic mass is 35.5. The quantitative estimate of drug-likeness (QED) is 0.564. The zero-order chi connectivity index (χ0) is 14.5. The van der Waals surface area contributed by atoms with Gasteiger partial charge in [-0.3, -0.25) is 0 Å². The average molecular weight is 301 g/mol. The van der Waals surface area contributed by atoms with E-state index in [1.807, 2.05) is 0 Å². The molecule has 0 N–H and O–H groups in total. The molecule has 1 unspecified atom stereocenters. The molecule has 1 saturated carbocycles. The molecule has 0 spiro atoms. The molecule has 2 rings (SSSR count). The lowest BCUT2D eigenvalue weighted by molar-refractivity contribution is 0.253. The first-order valence-electron chi connectivity index (χ1n) is 7.70. The summed E-state index contributed by atoms with van der Waals surface area (Å²) >= 11 is 6.43. The van der Waals surface area contributed by atoms with Crippen LogP contribution in [0.3, 0.4) is 0 Å². The third-order valence-electron chi connectivity index (χ3n) is 4.53. The van der Waals surface area contributed by atoms with Crippen molar-refractivity contribution in [2.24, 2.45) is 11.8 Å². The molecule has 1 aliphatic carbocycles. The van der Waals surface area contributed by atoms with Gasteiger partial charge in [0.1, 0.15) is 11.6 Å². The number of unbranched alkanes of at least 4 members (excludes halogenated alkanes) is 1. The fraction of sp³-hybridized carbons (Fsp3) is 0.647. The summed E-state index contributed by atoms with van der Waals surface area (Å²) in [7, 11) is 0. The maximum Gasteiger partial charge on any atom is 0.130 e. The average Bonchev–Trinajstić information content (AvgIpc) is 2.45. The van der Waals surface area contributed by atoms with Crippen LogP contribution in [-0.2, 0) is 0 Å². The fourth-order valence-electron chi connectivity index (χ4n) is 3.24. The van der Waals surface area contributed by atoms with E-state index in [4.69, 9.17) is 11.6 Å². The van der Waals surface area contributed by atoms with Crippen LogP contribution < -0.4 is 0 Å². The maximum atomic E-state index is 13.8. The standard InChI is InChI=1S/C17H23ClF2/c1-2-3-4-12-5-7-13(8-6-12)17(18)15-10-9-14(19)11-16(15)20/h9-13,17H,2-8H2,1H3. The Kier molecular flexibility index (Phi) is 5.83. The Morgan fingerprint density at radius 2 is 1.90 bits per heavy atom. The van der Waals surface area contributed by atoms with Crippen LogP contribution in [0.4, 0.5) is 8.78 Å². The molecule has 0 radical (unpaired) electrons. The third kappa shape index (κ3) is 3.94. The molecule has 1 aliphatic rings. The van der Waals surface area contributed by atoms with Crippen LogP contribution in [0.5, 0.6) is 0 Å². The minimum Gasteiger partial charge on any atom is -0.207 e. The first-order valence-corrected chi connectivity index (χ1v) is 8.14. The number of rotatable bonds is 5. The normalized spacial score (nSPS) is 24.6. The molecule has 0 aromatic heterocycles. The Morgan fingerprint density at radius 1 is 1.20 bits per heavy atom.